The fraction of sp³-hybridized carbons (Fsp3) is 1.00. The largest absolute Gasteiger partial charge is 0.390 e. The number of hydrogen-bond acceptors (Lipinski definition) is 2. The molecule has 0 heterocycles. The summed E-state index contributed by atoms with van der Waals surface area (Å²) in [5, 5.41) is 2.69. The standard InChI is InChI=1S/C12H22F6N2/c1-9(7-20(3)4)19-10(2,8-12(16,17)18)5-6-11(13,14)15/h9,19H,5-8H2,1-4H3. The molecule has 2 atom stereocenters. The molecular formula is C12H22F6N2. The van der Waals surface area contributed by atoms with Gasteiger partial charge in [-0.3, -0.25) is 0 Å². The van der Waals surface area contributed by atoms with Gasteiger partial charge in [-0.1, -0.05) is 0 Å². The Balaban J connectivity index is 4.77. The Bertz CT molecular complexity index is 287. The number of alkyl halides is 6. The summed E-state index contributed by atoms with van der Waals surface area (Å²) in [4.78, 5) is 1.76. The Kier molecular flexibility index (Phi) is 6.80. The van der Waals surface area contributed by atoms with Gasteiger partial charge < -0.3 is 10.2 Å². The van der Waals surface area contributed by atoms with E-state index in [1.165, 1.54) is 6.92 Å². The molecule has 0 amide bonds. The lowest BCUT2D eigenvalue weighted by atomic mass is 9.90. The van der Waals surface area contributed by atoms with Crippen molar-refractivity contribution in [3.63, 3.8) is 0 Å². The van der Waals surface area contributed by atoms with Crippen molar-refractivity contribution in [3.8, 4) is 0 Å². The number of rotatable bonds is 7. The average Bonchev–Trinajstić information content (AvgIpc) is 2.08. The zero-order valence-corrected chi connectivity index (χ0v) is 12.1. The highest BCUT2D eigenvalue weighted by Crippen LogP contribution is 2.34. The summed E-state index contributed by atoms with van der Waals surface area (Å²) in [7, 11) is 3.49. The third kappa shape index (κ3) is 10.3. The van der Waals surface area contributed by atoms with E-state index in [-0.39, 0.29) is 6.04 Å². The van der Waals surface area contributed by atoms with Crippen LogP contribution in [-0.2, 0) is 0 Å². The monoisotopic (exact) mass is 308 g/mol. The Morgan fingerprint density at radius 2 is 1.45 bits per heavy atom. The maximum Gasteiger partial charge on any atom is 0.390 e. The van der Waals surface area contributed by atoms with Crippen LogP contribution in [0.1, 0.15) is 33.1 Å². The van der Waals surface area contributed by atoms with Gasteiger partial charge in [0.15, 0.2) is 0 Å². The number of hydrogen-bond donors (Lipinski definition) is 1. The third-order valence-electron chi connectivity index (χ3n) is 2.78. The molecule has 0 saturated heterocycles. The topological polar surface area (TPSA) is 15.3 Å². The molecule has 1 N–H and O–H groups in total. The highest BCUT2D eigenvalue weighted by Gasteiger charge is 2.42. The molecule has 2 nitrogen and oxygen atoms in total. The lowest BCUT2D eigenvalue weighted by molar-refractivity contribution is -0.162. The van der Waals surface area contributed by atoms with Crippen LogP contribution in [0.2, 0.25) is 0 Å². The fourth-order valence-electron chi connectivity index (χ4n) is 2.26. The summed E-state index contributed by atoms with van der Waals surface area (Å²) in [6, 6.07) is -0.342. The quantitative estimate of drug-likeness (QED) is 0.723. The van der Waals surface area contributed by atoms with Crippen LogP contribution in [0.4, 0.5) is 26.3 Å². The van der Waals surface area contributed by atoms with Crippen molar-refractivity contribution in [2.75, 3.05) is 20.6 Å². The minimum Gasteiger partial charge on any atom is -0.308 e. The van der Waals surface area contributed by atoms with Gasteiger partial charge in [-0.2, -0.15) is 26.3 Å². The van der Waals surface area contributed by atoms with Gasteiger partial charge in [0.1, 0.15) is 0 Å². The van der Waals surface area contributed by atoms with Crippen LogP contribution in [0.25, 0.3) is 0 Å². The predicted molar refractivity (Wildman–Crippen MR) is 65.5 cm³/mol. The molecular weight excluding hydrogens is 286 g/mol. The SMILES string of the molecule is CC(CN(C)C)NC(C)(CCC(F)(F)F)CC(F)(F)F. The molecule has 0 radical (unpaired) electrons. The van der Waals surface area contributed by atoms with E-state index in [2.05, 4.69) is 5.32 Å². The summed E-state index contributed by atoms with van der Waals surface area (Å²) in [5.74, 6) is 0. The summed E-state index contributed by atoms with van der Waals surface area (Å²) in [5.41, 5.74) is -1.62. The summed E-state index contributed by atoms with van der Waals surface area (Å²) < 4.78 is 74.4. The molecule has 0 saturated carbocycles. The Hall–Kier alpha value is -0.500. The maximum atomic E-state index is 12.6. The van der Waals surface area contributed by atoms with Crippen LogP contribution >= 0.6 is 0 Å². The highest BCUT2D eigenvalue weighted by molar-refractivity contribution is 4.89. The molecule has 0 aliphatic rings. The van der Waals surface area contributed by atoms with E-state index in [1.807, 2.05) is 0 Å². The second-order valence-corrected chi connectivity index (χ2v) is 5.78. The second kappa shape index (κ2) is 6.98. The molecule has 0 spiro atoms. The number of nitrogens with zero attached hydrogens (tertiary/aromatic N) is 1. The lowest BCUT2D eigenvalue weighted by Gasteiger charge is -2.36. The third-order valence-corrected chi connectivity index (χ3v) is 2.78. The van der Waals surface area contributed by atoms with E-state index in [0.717, 1.165) is 0 Å². The molecule has 122 valence electrons. The molecule has 0 aromatic carbocycles. The predicted octanol–water partition coefficient (Wildman–Crippen LogP) is 3.58. The first-order valence-electron chi connectivity index (χ1n) is 6.28. The van der Waals surface area contributed by atoms with Crippen LogP contribution < -0.4 is 5.32 Å². The van der Waals surface area contributed by atoms with Gasteiger partial charge in [0.05, 0.1) is 6.42 Å². The summed E-state index contributed by atoms with van der Waals surface area (Å²) in [6.07, 6.45) is -12.1. The average molecular weight is 308 g/mol. The Morgan fingerprint density at radius 1 is 0.950 bits per heavy atom. The van der Waals surface area contributed by atoms with Gasteiger partial charge in [0.25, 0.3) is 0 Å². The molecule has 0 aliphatic heterocycles. The summed E-state index contributed by atoms with van der Waals surface area (Å²) >= 11 is 0. The Labute approximate surface area is 115 Å². The molecule has 20 heavy (non-hydrogen) atoms. The van der Waals surface area contributed by atoms with Gasteiger partial charge in [-0.15, -0.1) is 0 Å². The van der Waals surface area contributed by atoms with E-state index in [1.54, 1.807) is 25.9 Å². The maximum absolute atomic E-state index is 12.6. The molecule has 0 rings (SSSR count). The van der Waals surface area contributed by atoms with Gasteiger partial charge in [-0.25, -0.2) is 0 Å². The summed E-state index contributed by atoms with van der Waals surface area (Å²) in [6.45, 7) is 3.29. The van der Waals surface area contributed by atoms with E-state index in [9.17, 15) is 26.3 Å². The molecule has 0 bridgehead atoms. The van der Waals surface area contributed by atoms with E-state index in [0.29, 0.717) is 6.54 Å². The highest BCUT2D eigenvalue weighted by atomic mass is 19.4. The van der Waals surface area contributed by atoms with Crippen molar-refractivity contribution in [2.45, 2.75) is 57.0 Å². The first-order chi connectivity index (χ1) is 8.72. The van der Waals surface area contributed by atoms with Crippen molar-refractivity contribution >= 4 is 0 Å². The lowest BCUT2D eigenvalue weighted by Crippen LogP contribution is -2.52. The van der Waals surface area contributed by atoms with Crippen LogP contribution in [0.15, 0.2) is 0 Å². The number of likely N-dealkylation sites (N-methyl/N-ethyl adjacent to an activating group) is 1. The molecule has 2 unspecified atom stereocenters. The van der Waals surface area contributed by atoms with E-state index in [4.69, 9.17) is 0 Å². The van der Waals surface area contributed by atoms with Crippen molar-refractivity contribution in [1.82, 2.24) is 10.2 Å². The van der Waals surface area contributed by atoms with Crippen molar-refractivity contribution in [2.24, 2.45) is 0 Å². The van der Waals surface area contributed by atoms with Crippen molar-refractivity contribution in [1.29, 1.82) is 0 Å². The van der Waals surface area contributed by atoms with Gasteiger partial charge in [0, 0.05) is 24.5 Å². The van der Waals surface area contributed by atoms with Gasteiger partial charge >= 0.3 is 12.4 Å². The molecule has 8 heteroatoms. The molecule has 0 aliphatic carbocycles. The molecule has 0 fully saturated rings. The van der Waals surface area contributed by atoms with Crippen molar-refractivity contribution < 1.29 is 26.3 Å². The Morgan fingerprint density at radius 3 is 1.80 bits per heavy atom. The minimum atomic E-state index is -4.51. The van der Waals surface area contributed by atoms with Crippen LogP contribution in [0, 0.1) is 0 Å². The molecule has 0 aromatic rings. The number of halogens is 6. The van der Waals surface area contributed by atoms with Crippen LogP contribution in [0.5, 0.6) is 0 Å². The second-order valence-electron chi connectivity index (χ2n) is 5.78. The first kappa shape index (κ1) is 19.5. The zero-order chi connectivity index (χ0) is 16.2. The van der Waals surface area contributed by atoms with Gasteiger partial charge in [-0.05, 0) is 34.4 Å². The first-order valence-corrected chi connectivity index (χ1v) is 6.28. The van der Waals surface area contributed by atoms with Crippen LogP contribution in [-0.4, -0.2) is 49.5 Å². The fourth-order valence-corrected chi connectivity index (χ4v) is 2.26. The minimum absolute atomic E-state index is 0.342. The smallest absolute Gasteiger partial charge is 0.308 e. The normalized spacial score (nSPS) is 18.1. The van der Waals surface area contributed by atoms with Crippen molar-refractivity contribution in [3.05, 3.63) is 0 Å². The van der Waals surface area contributed by atoms with E-state index >= 15 is 0 Å². The van der Waals surface area contributed by atoms with E-state index < -0.39 is 37.2 Å². The van der Waals surface area contributed by atoms with Crippen LogP contribution in [0.3, 0.4) is 0 Å². The zero-order valence-electron chi connectivity index (χ0n) is 12.1. The molecule has 0 aromatic heterocycles. The van der Waals surface area contributed by atoms with Gasteiger partial charge in [0.2, 0.25) is 0 Å². The number of nitrogens with one attached hydrogen (secondary N) is 1.